The molecule has 0 spiro atoms. The van der Waals surface area contributed by atoms with E-state index in [2.05, 4.69) is 5.32 Å². The van der Waals surface area contributed by atoms with E-state index in [9.17, 15) is 9.90 Å². The van der Waals surface area contributed by atoms with Crippen molar-refractivity contribution in [2.75, 3.05) is 19.0 Å². The van der Waals surface area contributed by atoms with Crippen molar-refractivity contribution in [3.63, 3.8) is 0 Å². The molecule has 3 rings (SSSR count). The quantitative estimate of drug-likeness (QED) is 0.899. The summed E-state index contributed by atoms with van der Waals surface area (Å²) >= 11 is 0. The van der Waals surface area contributed by atoms with Crippen LogP contribution in [0, 0.1) is 5.92 Å². The Labute approximate surface area is 137 Å². The highest BCUT2D eigenvalue weighted by molar-refractivity contribution is 5.91. The molecule has 1 aliphatic heterocycles. The first kappa shape index (κ1) is 16.1. The van der Waals surface area contributed by atoms with Crippen molar-refractivity contribution in [1.82, 2.24) is 4.90 Å². The Morgan fingerprint density at radius 1 is 1.26 bits per heavy atom. The number of hydrogen-bond acceptors (Lipinski definition) is 3. The second-order valence-electron chi connectivity index (χ2n) is 6.64. The predicted octanol–water partition coefficient (Wildman–Crippen LogP) is 3.24. The molecule has 5 heteroatoms. The fourth-order valence-electron chi connectivity index (χ4n) is 3.98. The van der Waals surface area contributed by atoms with Gasteiger partial charge in [0.05, 0.1) is 18.9 Å². The number of carbonyl (C=O) groups excluding carboxylic acids is 1. The van der Waals surface area contributed by atoms with Gasteiger partial charge in [-0.25, -0.2) is 4.79 Å². The third-order valence-electron chi connectivity index (χ3n) is 5.12. The van der Waals surface area contributed by atoms with Gasteiger partial charge in [0.25, 0.3) is 0 Å². The summed E-state index contributed by atoms with van der Waals surface area (Å²) in [5.41, 5.74) is 0.670. The Bertz CT molecular complexity index is 543. The van der Waals surface area contributed by atoms with Crippen LogP contribution in [0.25, 0.3) is 0 Å². The summed E-state index contributed by atoms with van der Waals surface area (Å²) in [7, 11) is 1.59. The molecule has 0 aromatic heterocycles. The molecule has 1 saturated carbocycles. The molecule has 1 heterocycles. The zero-order valence-electron chi connectivity index (χ0n) is 13.7. The van der Waals surface area contributed by atoms with Crippen LogP contribution in [0.3, 0.4) is 0 Å². The number of para-hydroxylation sites is 2. The first-order chi connectivity index (χ1) is 11.2. The van der Waals surface area contributed by atoms with Gasteiger partial charge in [-0.1, -0.05) is 31.4 Å². The fraction of sp³-hybridized carbons (Fsp3) is 0.611. The van der Waals surface area contributed by atoms with Gasteiger partial charge in [0.15, 0.2) is 0 Å². The lowest BCUT2D eigenvalue weighted by Crippen LogP contribution is -2.43. The molecular formula is C18H26N2O3. The van der Waals surface area contributed by atoms with Crippen LogP contribution in [-0.4, -0.2) is 41.8 Å². The van der Waals surface area contributed by atoms with Crippen molar-refractivity contribution < 1.29 is 14.6 Å². The van der Waals surface area contributed by atoms with Crippen LogP contribution in [0.1, 0.15) is 38.5 Å². The van der Waals surface area contributed by atoms with Gasteiger partial charge in [-0.2, -0.15) is 0 Å². The molecule has 2 atom stereocenters. The third-order valence-corrected chi connectivity index (χ3v) is 5.12. The van der Waals surface area contributed by atoms with Crippen LogP contribution in [0.2, 0.25) is 0 Å². The lowest BCUT2D eigenvalue weighted by atomic mass is 9.83. The first-order valence-electron chi connectivity index (χ1n) is 8.57. The summed E-state index contributed by atoms with van der Waals surface area (Å²) in [6.45, 7) is 0.419. The highest BCUT2D eigenvalue weighted by atomic mass is 16.5. The number of nitrogens with one attached hydrogen (secondary N) is 1. The molecule has 2 fully saturated rings. The van der Waals surface area contributed by atoms with Crippen LogP contribution in [-0.2, 0) is 0 Å². The number of aliphatic hydroxyl groups is 1. The fourth-order valence-corrected chi connectivity index (χ4v) is 3.98. The molecule has 0 radical (unpaired) electrons. The maximum absolute atomic E-state index is 12.7. The topological polar surface area (TPSA) is 61.8 Å². The number of urea groups is 1. The molecule has 2 amide bonds. The molecule has 1 aromatic carbocycles. The normalized spacial score (nSPS) is 25.4. The lowest BCUT2D eigenvalue weighted by Gasteiger charge is -2.33. The molecule has 0 unspecified atom stereocenters. The minimum absolute atomic E-state index is 0.137. The molecule has 2 N–H and O–H groups in total. The van der Waals surface area contributed by atoms with E-state index in [0.29, 0.717) is 30.3 Å². The SMILES string of the molecule is COc1ccccc1NC(=O)N1C[C@@H](O)C[C@H]1C1CCCCC1. The van der Waals surface area contributed by atoms with Crippen molar-refractivity contribution >= 4 is 11.7 Å². The van der Waals surface area contributed by atoms with E-state index >= 15 is 0 Å². The molecule has 1 saturated heterocycles. The molecule has 23 heavy (non-hydrogen) atoms. The molecule has 1 aliphatic carbocycles. The van der Waals surface area contributed by atoms with E-state index in [0.717, 1.165) is 12.8 Å². The Morgan fingerprint density at radius 3 is 2.74 bits per heavy atom. The van der Waals surface area contributed by atoms with E-state index in [1.54, 1.807) is 7.11 Å². The zero-order chi connectivity index (χ0) is 16.2. The minimum Gasteiger partial charge on any atom is -0.495 e. The third kappa shape index (κ3) is 3.61. The highest BCUT2D eigenvalue weighted by Gasteiger charge is 2.39. The van der Waals surface area contributed by atoms with Crippen molar-refractivity contribution in [3.8, 4) is 5.75 Å². The molecule has 126 valence electrons. The largest absolute Gasteiger partial charge is 0.495 e. The number of anilines is 1. The number of rotatable bonds is 3. The van der Waals surface area contributed by atoms with Crippen molar-refractivity contribution in [2.45, 2.75) is 50.7 Å². The Hall–Kier alpha value is -1.75. The maximum Gasteiger partial charge on any atom is 0.322 e. The van der Waals surface area contributed by atoms with Crippen LogP contribution in [0.4, 0.5) is 10.5 Å². The number of β-amino-alcohol motifs (C(OH)–C–C–N with tert-alkyl or cyclic N) is 1. The first-order valence-corrected chi connectivity index (χ1v) is 8.57. The van der Waals surface area contributed by atoms with Crippen LogP contribution in [0.15, 0.2) is 24.3 Å². The van der Waals surface area contributed by atoms with Crippen LogP contribution < -0.4 is 10.1 Å². The van der Waals surface area contributed by atoms with E-state index in [1.165, 1.54) is 19.3 Å². The molecule has 1 aromatic rings. The summed E-state index contributed by atoms with van der Waals surface area (Å²) in [4.78, 5) is 14.6. The van der Waals surface area contributed by atoms with Gasteiger partial charge in [0, 0.05) is 12.6 Å². The number of hydrogen-bond donors (Lipinski definition) is 2. The van der Waals surface area contributed by atoms with Crippen molar-refractivity contribution in [1.29, 1.82) is 0 Å². The monoisotopic (exact) mass is 318 g/mol. The minimum atomic E-state index is -0.412. The standard InChI is InChI=1S/C18H26N2O3/c1-23-17-10-6-5-9-15(17)19-18(22)20-12-14(21)11-16(20)13-7-3-2-4-8-13/h5-6,9-10,13-14,16,21H,2-4,7-8,11-12H2,1H3,(H,19,22)/t14-,16-/m0/s1. The van der Waals surface area contributed by atoms with E-state index < -0.39 is 6.10 Å². The smallest absolute Gasteiger partial charge is 0.322 e. The number of amides is 2. The number of benzene rings is 1. The Kier molecular flexibility index (Phi) is 5.06. The zero-order valence-corrected chi connectivity index (χ0v) is 13.7. The van der Waals surface area contributed by atoms with Gasteiger partial charge in [0.2, 0.25) is 0 Å². The summed E-state index contributed by atoms with van der Waals surface area (Å²) in [5.74, 6) is 1.17. The van der Waals surface area contributed by atoms with Crippen LogP contribution >= 0.6 is 0 Å². The van der Waals surface area contributed by atoms with Gasteiger partial charge in [-0.3, -0.25) is 0 Å². The summed E-state index contributed by atoms with van der Waals surface area (Å²) < 4.78 is 5.29. The maximum atomic E-state index is 12.7. The van der Waals surface area contributed by atoms with Gasteiger partial charge in [-0.05, 0) is 37.3 Å². The number of likely N-dealkylation sites (tertiary alicyclic amines) is 1. The van der Waals surface area contributed by atoms with Gasteiger partial charge in [-0.15, -0.1) is 0 Å². The number of carbonyl (C=O) groups is 1. The second kappa shape index (κ2) is 7.21. The average Bonchev–Trinajstić information content (AvgIpc) is 2.98. The Morgan fingerprint density at radius 2 is 2.00 bits per heavy atom. The van der Waals surface area contributed by atoms with Crippen LogP contribution in [0.5, 0.6) is 5.75 Å². The summed E-state index contributed by atoms with van der Waals surface area (Å²) in [6, 6.07) is 7.42. The van der Waals surface area contributed by atoms with Gasteiger partial charge >= 0.3 is 6.03 Å². The van der Waals surface area contributed by atoms with E-state index in [1.807, 2.05) is 29.2 Å². The van der Waals surface area contributed by atoms with Crippen molar-refractivity contribution in [3.05, 3.63) is 24.3 Å². The molecule has 5 nitrogen and oxygen atoms in total. The molecular weight excluding hydrogens is 292 g/mol. The number of aliphatic hydroxyl groups excluding tert-OH is 1. The van der Waals surface area contributed by atoms with E-state index in [-0.39, 0.29) is 12.1 Å². The Balaban J connectivity index is 1.71. The van der Waals surface area contributed by atoms with E-state index in [4.69, 9.17) is 4.74 Å². The van der Waals surface area contributed by atoms with Crippen molar-refractivity contribution in [2.24, 2.45) is 5.92 Å². The highest BCUT2D eigenvalue weighted by Crippen LogP contribution is 2.35. The molecule has 0 bridgehead atoms. The van der Waals surface area contributed by atoms with Gasteiger partial charge < -0.3 is 20.1 Å². The molecule has 2 aliphatic rings. The number of ether oxygens (including phenoxy) is 1. The average molecular weight is 318 g/mol. The summed E-state index contributed by atoms with van der Waals surface area (Å²) in [6.07, 6.45) is 6.37. The van der Waals surface area contributed by atoms with Gasteiger partial charge in [0.1, 0.15) is 5.75 Å². The summed E-state index contributed by atoms with van der Waals surface area (Å²) in [5, 5.41) is 13.0. The number of nitrogens with zero attached hydrogens (tertiary/aromatic N) is 1. The number of methoxy groups -OCH3 is 1. The second-order valence-corrected chi connectivity index (χ2v) is 6.64. The lowest BCUT2D eigenvalue weighted by molar-refractivity contribution is 0.164. The predicted molar refractivity (Wildman–Crippen MR) is 89.7 cm³/mol.